The predicted molar refractivity (Wildman–Crippen MR) is 68.6 cm³/mol. The Morgan fingerprint density at radius 2 is 2.22 bits per heavy atom. The first-order valence-corrected chi connectivity index (χ1v) is 6.23. The Hall–Kier alpha value is -1.86. The summed E-state index contributed by atoms with van der Waals surface area (Å²) in [5, 5.41) is 12.2. The number of benzene rings is 1. The molecule has 2 rings (SSSR count). The third-order valence-electron chi connectivity index (χ3n) is 3.32. The van der Waals surface area contributed by atoms with Gasteiger partial charge in [-0.3, -0.25) is 4.79 Å². The lowest BCUT2D eigenvalue weighted by Gasteiger charge is -2.32. The second-order valence-electron chi connectivity index (χ2n) is 4.48. The van der Waals surface area contributed by atoms with Gasteiger partial charge in [-0.2, -0.15) is 5.26 Å². The second kappa shape index (κ2) is 5.65. The maximum absolute atomic E-state index is 12.2. The van der Waals surface area contributed by atoms with Crippen LogP contribution in [0.5, 0.6) is 0 Å². The summed E-state index contributed by atoms with van der Waals surface area (Å²) in [7, 11) is 0. The normalized spacial score (nSPS) is 14.7. The SMILES string of the molecule is CCN(Cc1ccccc1C#N)C(=O)C1CNC1. The van der Waals surface area contributed by atoms with Crippen LogP contribution in [0.4, 0.5) is 0 Å². The van der Waals surface area contributed by atoms with Gasteiger partial charge in [-0.1, -0.05) is 18.2 Å². The topological polar surface area (TPSA) is 56.1 Å². The van der Waals surface area contributed by atoms with E-state index in [1.807, 2.05) is 30.0 Å². The molecule has 1 aliphatic heterocycles. The maximum atomic E-state index is 12.2. The number of nitriles is 1. The third-order valence-corrected chi connectivity index (χ3v) is 3.32. The van der Waals surface area contributed by atoms with E-state index < -0.39 is 0 Å². The molecule has 1 heterocycles. The van der Waals surface area contributed by atoms with Gasteiger partial charge in [-0.25, -0.2) is 0 Å². The van der Waals surface area contributed by atoms with E-state index in [4.69, 9.17) is 5.26 Å². The van der Waals surface area contributed by atoms with E-state index in [1.165, 1.54) is 0 Å². The standard InChI is InChI=1S/C14H17N3O/c1-2-17(14(18)13-8-16-9-13)10-12-6-4-3-5-11(12)7-15/h3-6,13,16H,2,8-10H2,1H3. The van der Waals surface area contributed by atoms with Gasteiger partial charge in [-0.15, -0.1) is 0 Å². The molecular weight excluding hydrogens is 226 g/mol. The average molecular weight is 243 g/mol. The summed E-state index contributed by atoms with van der Waals surface area (Å²) in [5.74, 6) is 0.295. The van der Waals surface area contributed by atoms with E-state index in [0.29, 0.717) is 18.7 Å². The first-order chi connectivity index (χ1) is 8.76. The van der Waals surface area contributed by atoms with Crippen LogP contribution in [-0.2, 0) is 11.3 Å². The molecule has 0 spiro atoms. The summed E-state index contributed by atoms with van der Waals surface area (Å²) >= 11 is 0. The molecule has 1 saturated heterocycles. The van der Waals surface area contributed by atoms with Crippen LogP contribution in [0, 0.1) is 17.2 Å². The molecule has 4 heteroatoms. The van der Waals surface area contributed by atoms with E-state index >= 15 is 0 Å². The molecular formula is C14H17N3O. The maximum Gasteiger partial charge on any atom is 0.228 e. The number of hydrogen-bond donors (Lipinski definition) is 1. The van der Waals surface area contributed by atoms with E-state index in [0.717, 1.165) is 18.7 Å². The zero-order chi connectivity index (χ0) is 13.0. The van der Waals surface area contributed by atoms with E-state index in [9.17, 15) is 4.79 Å². The van der Waals surface area contributed by atoms with Crippen LogP contribution in [0.25, 0.3) is 0 Å². The molecule has 0 atom stereocenters. The molecule has 0 saturated carbocycles. The molecule has 1 aromatic rings. The first kappa shape index (κ1) is 12.6. The van der Waals surface area contributed by atoms with Crippen molar-refractivity contribution in [3.8, 4) is 6.07 Å². The second-order valence-corrected chi connectivity index (χ2v) is 4.48. The molecule has 0 aromatic heterocycles. The van der Waals surface area contributed by atoms with Gasteiger partial charge in [0.15, 0.2) is 0 Å². The highest BCUT2D eigenvalue weighted by Gasteiger charge is 2.28. The van der Waals surface area contributed by atoms with Gasteiger partial charge in [0, 0.05) is 26.2 Å². The molecule has 1 aromatic carbocycles. The number of nitrogens with zero attached hydrogens (tertiary/aromatic N) is 2. The van der Waals surface area contributed by atoms with E-state index in [-0.39, 0.29) is 11.8 Å². The summed E-state index contributed by atoms with van der Waals surface area (Å²) in [6.07, 6.45) is 0. The lowest BCUT2D eigenvalue weighted by atomic mass is 10.0. The van der Waals surface area contributed by atoms with Crippen molar-refractivity contribution in [3.05, 3.63) is 35.4 Å². The zero-order valence-corrected chi connectivity index (χ0v) is 10.5. The molecule has 0 bridgehead atoms. The van der Waals surface area contributed by atoms with Crippen LogP contribution in [0.2, 0.25) is 0 Å². The average Bonchev–Trinajstić information content (AvgIpc) is 2.34. The van der Waals surface area contributed by atoms with Crippen molar-refractivity contribution in [1.82, 2.24) is 10.2 Å². The van der Waals surface area contributed by atoms with Gasteiger partial charge in [0.1, 0.15) is 0 Å². The van der Waals surface area contributed by atoms with Crippen molar-refractivity contribution in [2.24, 2.45) is 5.92 Å². The number of amides is 1. The lowest BCUT2D eigenvalue weighted by molar-refractivity contribution is -0.137. The largest absolute Gasteiger partial charge is 0.338 e. The van der Waals surface area contributed by atoms with Crippen molar-refractivity contribution in [2.45, 2.75) is 13.5 Å². The number of nitrogens with one attached hydrogen (secondary N) is 1. The van der Waals surface area contributed by atoms with Crippen LogP contribution in [0.1, 0.15) is 18.1 Å². The Kier molecular flexibility index (Phi) is 3.96. The van der Waals surface area contributed by atoms with Crippen LogP contribution in [0.15, 0.2) is 24.3 Å². The Morgan fingerprint density at radius 1 is 1.50 bits per heavy atom. The number of hydrogen-bond acceptors (Lipinski definition) is 3. The van der Waals surface area contributed by atoms with Crippen LogP contribution in [-0.4, -0.2) is 30.4 Å². The minimum Gasteiger partial charge on any atom is -0.338 e. The third kappa shape index (κ3) is 2.52. The van der Waals surface area contributed by atoms with Crippen LogP contribution >= 0.6 is 0 Å². The Balaban J connectivity index is 2.10. The smallest absolute Gasteiger partial charge is 0.228 e. The Labute approximate surface area is 107 Å². The molecule has 18 heavy (non-hydrogen) atoms. The van der Waals surface area contributed by atoms with Gasteiger partial charge in [0.2, 0.25) is 5.91 Å². The van der Waals surface area contributed by atoms with Crippen molar-refractivity contribution in [1.29, 1.82) is 5.26 Å². The molecule has 0 aliphatic carbocycles. The zero-order valence-electron chi connectivity index (χ0n) is 10.5. The van der Waals surface area contributed by atoms with Crippen LogP contribution < -0.4 is 5.32 Å². The first-order valence-electron chi connectivity index (χ1n) is 6.23. The van der Waals surface area contributed by atoms with Gasteiger partial charge in [-0.05, 0) is 18.6 Å². The highest BCUT2D eigenvalue weighted by atomic mass is 16.2. The van der Waals surface area contributed by atoms with Crippen molar-refractivity contribution in [2.75, 3.05) is 19.6 Å². The molecule has 1 amide bonds. The van der Waals surface area contributed by atoms with E-state index in [2.05, 4.69) is 11.4 Å². The highest BCUT2D eigenvalue weighted by molar-refractivity contribution is 5.80. The Morgan fingerprint density at radius 3 is 2.78 bits per heavy atom. The fraction of sp³-hybridized carbons (Fsp3) is 0.429. The summed E-state index contributed by atoms with van der Waals surface area (Å²) in [5.41, 5.74) is 1.57. The van der Waals surface area contributed by atoms with Crippen molar-refractivity contribution in [3.63, 3.8) is 0 Å². The number of rotatable bonds is 4. The number of carbonyl (C=O) groups is 1. The summed E-state index contributed by atoms with van der Waals surface area (Å²) in [6, 6.07) is 9.62. The molecule has 0 radical (unpaired) electrons. The summed E-state index contributed by atoms with van der Waals surface area (Å²) in [6.45, 7) is 4.72. The minimum atomic E-state index is 0.110. The van der Waals surface area contributed by atoms with Crippen LogP contribution in [0.3, 0.4) is 0 Å². The lowest BCUT2D eigenvalue weighted by Crippen LogP contribution is -2.51. The molecule has 1 fully saturated rings. The molecule has 4 nitrogen and oxygen atoms in total. The van der Waals surface area contributed by atoms with Gasteiger partial charge < -0.3 is 10.2 Å². The molecule has 1 aliphatic rings. The predicted octanol–water partition coefficient (Wildman–Crippen LogP) is 1.13. The minimum absolute atomic E-state index is 0.110. The summed E-state index contributed by atoms with van der Waals surface area (Å²) < 4.78 is 0. The van der Waals surface area contributed by atoms with Gasteiger partial charge >= 0.3 is 0 Å². The van der Waals surface area contributed by atoms with Gasteiger partial charge in [0.05, 0.1) is 17.6 Å². The quantitative estimate of drug-likeness (QED) is 0.862. The fourth-order valence-electron chi connectivity index (χ4n) is 2.04. The van der Waals surface area contributed by atoms with Crippen molar-refractivity contribution < 1.29 is 4.79 Å². The molecule has 94 valence electrons. The molecule has 1 N–H and O–H groups in total. The Bertz CT molecular complexity index is 474. The summed E-state index contributed by atoms with van der Waals surface area (Å²) in [4.78, 5) is 14.0. The number of carbonyl (C=O) groups excluding carboxylic acids is 1. The van der Waals surface area contributed by atoms with E-state index in [1.54, 1.807) is 6.07 Å². The molecule has 0 unspecified atom stereocenters. The van der Waals surface area contributed by atoms with Gasteiger partial charge in [0.25, 0.3) is 0 Å². The van der Waals surface area contributed by atoms with Crippen molar-refractivity contribution >= 4 is 5.91 Å². The highest BCUT2D eigenvalue weighted by Crippen LogP contribution is 2.14. The fourth-order valence-corrected chi connectivity index (χ4v) is 2.04. The monoisotopic (exact) mass is 243 g/mol.